The number of hydrogen-bond donors (Lipinski definition) is 1. The number of aliphatic hydroxyl groups excluding tert-OH is 1. The fourth-order valence-electron chi connectivity index (χ4n) is 1.45. The molecule has 1 aromatic rings. The fraction of sp³-hybridized carbons (Fsp3) is 0.417. The molecule has 1 N–H and O–H groups in total. The molecule has 0 aliphatic carbocycles. The summed E-state index contributed by atoms with van der Waals surface area (Å²) in [6.07, 6.45) is -4.55. The van der Waals surface area contributed by atoms with Crippen LogP contribution in [0.25, 0.3) is 0 Å². The monoisotopic (exact) mass is 345 g/mol. The average molecular weight is 346 g/mol. The van der Waals surface area contributed by atoms with Gasteiger partial charge in [0, 0.05) is 11.6 Å². The Labute approximate surface area is 129 Å². The largest absolute Gasteiger partial charge is 0.482 e. The molecule has 0 radical (unpaired) electrons. The highest BCUT2D eigenvalue weighted by atomic mass is 35.5. The summed E-state index contributed by atoms with van der Waals surface area (Å²) >= 11 is 11.5. The Balaban J connectivity index is 2.64. The number of rotatable bonds is 6. The zero-order valence-corrected chi connectivity index (χ0v) is 12.2. The predicted molar refractivity (Wildman–Crippen MR) is 71.7 cm³/mol. The van der Waals surface area contributed by atoms with Crippen LogP contribution in [0, 0.1) is 0 Å². The SMILES string of the molecule is O=C(COc1ccc(Cl)cc1Cl)N(CCO)CC(F)(F)F. The second kappa shape index (κ2) is 7.72. The van der Waals surface area contributed by atoms with Crippen LogP contribution in [0.3, 0.4) is 0 Å². The van der Waals surface area contributed by atoms with Crippen LogP contribution in [0.5, 0.6) is 5.75 Å². The zero-order valence-electron chi connectivity index (χ0n) is 10.7. The average Bonchev–Trinajstić information content (AvgIpc) is 2.35. The molecule has 9 heteroatoms. The lowest BCUT2D eigenvalue weighted by atomic mass is 10.3. The van der Waals surface area contributed by atoms with Gasteiger partial charge in [0.1, 0.15) is 12.3 Å². The first-order valence-electron chi connectivity index (χ1n) is 5.76. The Morgan fingerprint density at radius 2 is 2.00 bits per heavy atom. The summed E-state index contributed by atoms with van der Waals surface area (Å²) in [5.74, 6) is -0.780. The maximum atomic E-state index is 12.3. The van der Waals surface area contributed by atoms with Crippen molar-refractivity contribution in [1.29, 1.82) is 0 Å². The number of ether oxygens (including phenoxy) is 1. The van der Waals surface area contributed by atoms with E-state index in [2.05, 4.69) is 0 Å². The molecule has 0 aliphatic rings. The van der Waals surface area contributed by atoms with E-state index in [9.17, 15) is 18.0 Å². The lowest BCUT2D eigenvalue weighted by Gasteiger charge is -2.23. The van der Waals surface area contributed by atoms with Crippen molar-refractivity contribution in [2.75, 3.05) is 26.3 Å². The third kappa shape index (κ3) is 6.41. The summed E-state index contributed by atoms with van der Waals surface area (Å²) in [5, 5.41) is 9.20. The molecule has 1 amide bonds. The fourth-order valence-corrected chi connectivity index (χ4v) is 1.92. The molecule has 0 saturated carbocycles. The van der Waals surface area contributed by atoms with Gasteiger partial charge in [-0.25, -0.2) is 0 Å². The molecule has 1 aromatic carbocycles. The van der Waals surface area contributed by atoms with E-state index in [-0.39, 0.29) is 10.8 Å². The van der Waals surface area contributed by atoms with Crippen molar-refractivity contribution in [3.05, 3.63) is 28.2 Å². The maximum Gasteiger partial charge on any atom is 0.406 e. The minimum absolute atomic E-state index is 0.130. The minimum atomic E-state index is -4.55. The number of hydrogen-bond acceptors (Lipinski definition) is 3. The number of alkyl halides is 3. The number of halogens is 5. The molecule has 4 nitrogen and oxygen atoms in total. The van der Waals surface area contributed by atoms with Crippen molar-refractivity contribution in [3.63, 3.8) is 0 Å². The van der Waals surface area contributed by atoms with Crippen LogP contribution in [0.1, 0.15) is 0 Å². The van der Waals surface area contributed by atoms with Crippen LogP contribution in [0.4, 0.5) is 13.2 Å². The Hall–Kier alpha value is -1.18. The summed E-state index contributed by atoms with van der Waals surface area (Å²) in [5.41, 5.74) is 0. The summed E-state index contributed by atoms with van der Waals surface area (Å²) in [6.45, 7) is -3.10. The molecule has 0 spiro atoms. The number of nitrogens with zero attached hydrogens (tertiary/aromatic N) is 1. The smallest absolute Gasteiger partial charge is 0.406 e. The molecular formula is C12H12Cl2F3NO3. The van der Waals surface area contributed by atoms with Crippen molar-refractivity contribution >= 4 is 29.1 Å². The van der Waals surface area contributed by atoms with Crippen LogP contribution in [0.2, 0.25) is 10.0 Å². The van der Waals surface area contributed by atoms with Crippen LogP contribution in [-0.2, 0) is 4.79 Å². The van der Waals surface area contributed by atoms with E-state index in [1.165, 1.54) is 18.2 Å². The summed E-state index contributed by atoms with van der Waals surface area (Å²) in [4.78, 5) is 12.1. The van der Waals surface area contributed by atoms with Gasteiger partial charge in [-0.05, 0) is 18.2 Å². The number of aliphatic hydroxyl groups is 1. The van der Waals surface area contributed by atoms with Gasteiger partial charge >= 0.3 is 6.18 Å². The second-order valence-electron chi connectivity index (χ2n) is 4.02. The van der Waals surface area contributed by atoms with Gasteiger partial charge in [-0.1, -0.05) is 23.2 Å². The van der Waals surface area contributed by atoms with Crippen molar-refractivity contribution in [2.24, 2.45) is 0 Å². The molecular weight excluding hydrogens is 334 g/mol. The normalized spacial score (nSPS) is 11.3. The van der Waals surface area contributed by atoms with Crippen LogP contribution in [-0.4, -0.2) is 48.4 Å². The number of benzene rings is 1. The highest BCUT2D eigenvalue weighted by molar-refractivity contribution is 6.35. The van der Waals surface area contributed by atoms with E-state index in [0.717, 1.165) is 0 Å². The number of carbonyl (C=O) groups excluding carboxylic acids is 1. The van der Waals surface area contributed by atoms with Crippen LogP contribution < -0.4 is 4.74 Å². The van der Waals surface area contributed by atoms with E-state index in [4.69, 9.17) is 33.0 Å². The first-order valence-corrected chi connectivity index (χ1v) is 6.52. The number of amides is 1. The molecule has 0 unspecified atom stereocenters. The summed E-state index contributed by atoms with van der Waals surface area (Å²) in [7, 11) is 0. The topological polar surface area (TPSA) is 49.8 Å². The number of carbonyl (C=O) groups is 1. The molecule has 1 rings (SSSR count). The van der Waals surface area contributed by atoms with Gasteiger partial charge in [-0.2, -0.15) is 13.2 Å². The zero-order chi connectivity index (χ0) is 16.0. The van der Waals surface area contributed by atoms with Crippen molar-refractivity contribution in [1.82, 2.24) is 4.90 Å². The van der Waals surface area contributed by atoms with E-state index < -0.39 is 38.4 Å². The molecule has 21 heavy (non-hydrogen) atoms. The van der Waals surface area contributed by atoms with Crippen molar-refractivity contribution < 1.29 is 27.8 Å². The third-order valence-corrected chi connectivity index (χ3v) is 2.87. The van der Waals surface area contributed by atoms with Gasteiger partial charge in [-0.15, -0.1) is 0 Å². The Morgan fingerprint density at radius 3 is 2.52 bits per heavy atom. The molecule has 0 heterocycles. The van der Waals surface area contributed by atoms with Crippen molar-refractivity contribution in [2.45, 2.75) is 6.18 Å². The van der Waals surface area contributed by atoms with Crippen LogP contribution in [0.15, 0.2) is 18.2 Å². The highest BCUT2D eigenvalue weighted by Gasteiger charge is 2.32. The maximum absolute atomic E-state index is 12.3. The molecule has 0 bridgehead atoms. The molecule has 0 atom stereocenters. The van der Waals surface area contributed by atoms with Gasteiger partial charge in [0.15, 0.2) is 6.61 Å². The highest BCUT2D eigenvalue weighted by Crippen LogP contribution is 2.27. The lowest BCUT2D eigenvalue weighted by Crippen LogP contribution is -2.42. The quantitative estimate of drug-likeness (QED) is 0.862. The Kier molecular flexibility index (Phi) is 6.57. The molecule has 0 aromatic heterocycles. The molecule has 118 valence electrons. The second-order valence-corrected chi connectivity index (χ2v) is 4.86. The minimum Gasteiger partial charge on any atom is -0.482 e. The molecule has 0 aliphatic heterocycles. The van der Waals surface area contributed by atoms with E-state index in [1.54, 1.807) is 0 Å². The third-order valence-electron chi connectivity index (χ3n) is 2.34. The van der Waals surface area contributed by atoms with E-state index in [0.29, 0.717) is 9.92 Å². The van der Waals surface area contributed by atoms with E-state index in [1.807, 2.05) is 0 Å². The lowest BCUT2D eigenvalue weighted by molar-refractivity contribution is -0.163. The van der Waals surface area contributed by atoms with Gasteiger partial charge in [0.25, 0.3) is 5.91 Å². The van der Waals surface area contributed by atoms with Crippen molar-refractivity contribution in [3.8, 4) is 5.75 Å². The Bertz CT molecular complexity index is 497. The Morgan fingerprint density at radius 1 is 1.33 bits per heavy atom. The van der Waals surface area contributed by atoms with Crippen LogP contribution >= 0.6 is 23.2 Å². The van der Waals surface area contributed by atoms with Gasteiger partial charge < -0.3 is 14.7 Å². The summed E-state index contributed by atoms with van der Waals surface area (Å²) < 4.78 is 42.0. The molecule has 0 fully saturated rings. The van der Waals surface area contributed by atoms with E-state index >= 15 is 0 Å². The van der Waals surface area contributed by atoms with Gasteiger partial charge in [0.05, 0.1) is 11.6 Å². The predicted octanol–water partition coefficient (Wildman–Crippen LogP) is 2.76. The first-order chi connectivity index (χ1) is 9.73. The molecule has 0 saturated heterocycles. The standard InChI is InChI=1S/C12H12Cl2F3NO3/c13-8-1-2-10(9(14)5-8)21-6-11(20)18(3-4-19)7-12(15,16)17/h1-2,5,19H,3-4,6-7H2. The summed E-state index contributed by atoms with van der Waals surface area (Å²) in [6, 6.07) is 4.25. The van der Waals surface area contributed by atoms with Gasteiger partial charge in [-0.3, -0.25) is 4.79 Å². The van der Waals surface area contributed by atoms with Gasteiger partial charge in [0.2, 0.25) is 0 Å². The first kappa shape index (κ1) is 17.9.